The zero-order valence-electron chi connectivity index (χ0n) is 28.9. The molecule has 1 aliphatic rings. The van der Waals surface area contributed by atoms with Crippen molar-refractivity contribution in [3.8, 4) is 0 Å². The van der Waals surface area contributed by atoms with Gasteiger partial charge in [-0.3, -0.25) is 19.7 Å². The quantitative estimate of drug-likeness (QED) is 0.132. The lowest BCUT2D eigenvalue weighted by Crippen LogP contribution is -2.54. The van der Waals surface area contributed by atoms with Crippen molar-refractivity contribution in [3.63, 3.8) is 0 Å². The number of thiazole rings is 2. The van der Waals surface area contributed by atoms with Crippen LogP contribution in [0.4, 0.5) is 9.59 Å². The number of benzene rings is 2. The lowest BCUT2D eigenvalue weighted by molar-refractivity contribution is -0.124. The van der Waals surface area contributed by atoms with Crippen LogP contribution in [0.1, 0.15) is 40.1 Å². The molecular weight excluding hydrogens is 687 g/mol. The molecule has 1 fully saturated rings. The Morgan fingerprint density at radius 3 is 2.00 bits per heavy atom. The Kier molecular flexibility index (Phi) is 15.2. The number of nitrogens with zero attached hydrogens (tertiary/aromatic N) is 4. The van der Waals surface area contributed by atoms with Crippen LogP contribution in [0.5, 0.6) is 0 Å². The van der Waals surface area contributed by atoms with Gasteiger partial charge < -0.3 is 30.3 Å². The molecular formula is C37H47N7O5S2. The first-order chi connectivity index (χ1) is 24.9. The van der Waals surface area contributed by atoms with Gasteiger partial charge in [0.05, 0.1) is 35.7 Å². The summed E-state index contributed by atoms with van der Waals surface area (Å²) in [7, 11) is 1.71. The number of hydrogen-bond acceptors (Lipinski definition) is 10. The molecule has 14 heteroatoms. The van der Waals surface area contributed by atoms with Gasteiger partial charge >= 0.3 is 12.1 Å². The summed E-state index contributed by atoms with van der Waals surface area (Å²) in [6.45, 7) is 4.06. The molecule has 0 aliphatic carbocycles. The number of hydrogen-bond donors (Lipinski definition) is 3. The number of urea groups is 1. The standard InChI is InChI=1S/C37H47N7O5S2/c1-43(24-32-22-38-26-50-32)36(46)42-34(14-15-44-16-18-48-19-17-44)35(45)40-30(20-28-8-4-2-5-9-28)12-13-31(21-29-10-6-3-7-11-29)41-37(47)49-25-33-23-39-27-51-33/h2-11,22-23,26-27,30-31,34H,12-21,24-25H2,1H3,(H,40,45)(H,41,47)(H,42,46)/t30-,31-,34+/m1/s1. The second-order valence-electron chi connectivity index (χ2n) is 12.6. The summed E-state index contributed by atoms with van der Waals surface area (Å²) in [5, 5.41) is 9.36. The van der Waals surface area contributed by atoms with Crippen molar-refractivity contribution in [1.29, 1.82) is 0 Å². The van der Waals surface area contributed by atoms with Crippen LogP contribution in [0.3, 0.4) is 0 Å². The molecule has 4 aromatic rings. The molecule has 0 bridgehead atoms. The molecule has 0 unspecified atom stereocenters. The average molecular weight is 734 g/mol. The minimum atomic E-state index is -0.748. The van der Waals surface area contributed by atoms with Crippen LogP contribution < -0.4 is 16.0 Å². The summed E-state index contributed by atoms with van der Waals surface area (Å²) in [4.78, 5) is 54.2. The molecule has 3 atom stereocenters. The number of amides is 4. The third-order valence-corrected chi connectivity index (χ3v) is 10.2. The third kappa shape index (κ3) is 13.4. The van der Waals surface area contributed by atoms with Crippen molar-refractivity contribution in [2.24, 2.45) is 0 Å². The van der Waals surface area contributed by atoms with E-state index in [-0.39, 0.29) is 30.6 Å². The highest BCUT2D eigenvalue weighted by Crippen LogP contribution is 2.15. The zero-order valence-corrected chi connectivity index (χ0v) is 30.6. The molecule has 2 aromatic heterocycles. The van der Waals surface area contributed by atoms with Gasteiger partial charge in [0.25, 0.3) is 0 Å². The first kappa shape index (κ1) is 37.9. The van der Waals surface area contributed by atoms with E-state index in [1.165, 1.54) is 22.7 Å². The molecule has 3 heterocycles. The lowest BCUT2D eigenvalue weighted by Gasteiger charge is -2.30. The molecule has 0 saturated carbocycles. The number of morpholine rings is 1. The van der Waals surface area contributed by atoms with Crippen LogP contribution in [-0.4, -0.2) is 95.8 Å². The van der Waals surface area contributed by atoms with Crippen LogP contribution in [-0.2, 0) is 40.3 Å². The molecule has 272 valence electrons. The minimum Gasteiger partial charge on any atom is -0.444 e. The molecule has 12 nitrogen and oxygen atoms in total. The highest BCUT2D eigenvalue weighted by molar-refractivity contribution is 7.09. The monoisotopic (exact) mass is 733 g/mol. The van der Waals surface area contributed by atoms with Gasteiger partial charge in [-0.05, 0) is 43.2 Å². The Hall–Kier alpha value is -4.37. The molecule has 1 aliphatic heterocycles. The second kappa shape index (κ2) is 20.5. The first-order valence-corrected chi connectivity index (χ1v) is 19.0. The fraction of sp³-hybridized carbons (Fsp3) is 0.432. The Balaban J connectivity index is 1.27. The average Bonchev–Trinajstić information content (AvgIpc) is 3.87. The highest BCUT2D eigenvalue weighted by atomic mass is 32.1. The number of aromatic nitrogens is 2. The number of nitrogens with one attached hydrogen (secondary N) is 3. The molecule has 2 aromatic carbocycles. The van der Waals surface area contributed by atoms with E-state index < -0.39 is 12.1 Å². The second-order valence-corrected chi connectivity index (χ2v) is 14.6. The van der Waals surface area contributed by atoms with Crippen LogP contribution in [0, 0.1) is 0 Å². The largest absolute Gasteiger partial charge is 0.444 e. The fourth-order valence-electron chi connectivity index (χ4n) is 5.90. The third-order valence-electron chi connectivity index (χ3n) is 8.69. The van der Waals surface area contributed by atoms with Crippen molar-refractivity contribution in [1.82, 2.24) is 35.7 Å². The van der Waals surface area contributed by atoms with E-state index in [0.29, 0.717) is 58.4 Å². The van der Waals surface area contributed by atoms with E-state index in [9.17, 15) is 14.4 Å². The first-order valence-electron chi connectivity index (χ1n) is 17.3. The number of carbonyl (C=O) groups excluding carboxylic acids is 3. The number of rotatable bonds is 18. The fourth-order valence-corrected chi connectivity index (χ4v) is 7.05. The van der Waals surface area contributed by atoms with Crippen LogP contribution in [0.2, 0.25) is 0 Å². The molecule has 3 N–H and O–H groups in total. The van der Waals surface area contributed by atoms with Crippen molar-refractivity contribution < 1.29 is 23.9 Å². The summed E-state index contributed by atoms with van der Waals surface area (Å²) in [6, 6.07) is 18.4. The van der Waals surface area contributed by atoms with E-state index in [4.69, 9.17) is 9.47 Å². The summed E-state index contributed by atoms with van der Waals surface area (Å²) in [6.07, 6.45) is 5.75. The maximum Gasteiger partial charge on any atom is 0.407 e. The van der Waals surface area contributed by atoms with E-state index in [2.05, 4.69) is 30.8 Å². The summed E-state index contributed by atoms with van der Waals surface area (Å²) in [5.41, 5.74) is 5.60. The normalized spacial score (nSPS) is 14.9. The summed E-state index contributed by atoms with van der Waals surface area (Å²) < 4.78 is 11.0. The van der Waals surface area contributed by atoms with Gasteiger partial charge in [0.15, 0.2) is 0 Å². The molecule has 0 radical (unpaired) electrons. The highest BCUT2D eigenvalue weighted by Gasteiger charge is 2.27. The van der Waals surface area contributed by atoms with E-state index in [1.54, 1.807) is 35.4 Å². The minimum absolute atomic E-state index is 0.151. The van der Waals surface area contributed by atoms with Crippen molar-refractivity contribution in [2.75, 3.05) is 39.9 Å². The number of alkyl carbamates (subject to hydrolysis) is 1. The van der Waals surface area contributed by atoms with Gasteiger partial charge in [-0.25, -0.2) is 9.59 Å². The van der Waals surface area contributed by atoms with E-state index in [0.717, 1.165) is 34.0 Å². The Bertz CT molecular complexity index is 1590. The number of ether oxygens (including phenoxy) is 2. The summed E-state index contributed by atoms with van der Waals surface area (Å²) in [5.74, 6) is -0.236. The van der Waals surface area contributed by atoms with Gasteiger partial charge in [-0.2, -0.15) is 0 Å². The molecule has 5 rings (SSSR count). The van der Waals surface area contributed by atoms with Gasteiger partial charge in [0.2, 0.25) is 5.91 Å². The SMILES string of the molecule is CN(Cc1cncs1)C(=O)N[C@@H](CCN1CCOCC1)C(=O)N[C@H](CC[C@H](Cc1ccccc1)NC(=O)OCc1cncs1)Cc1ccccc1. The van der Waals surface area contributed by atoms with E-state index >= 15 is 0 Å². The van der Waals surface area contributed by atoms with Crippen molar-refractivity contribution in [3.05, 3.63) is 105 Å². The Morgan fingerprint density at radius 1 is 0.824 bits per heavy atom. The predicted octanol–water partition coefficient (Wildman–Crippen LogP) is 4.88. The Labute approximate surface area is 307 Å². The van der Waals surface area contributed by atoms with Crippen LogP contribution in [0.15, 0.2) is 84.1 Å². The predicted molar refractivity (Wildman–Crippen MR) is 198 cm³/mol. The van der Waals surface area contributed by atoms with Crippen molar-refractivity contribution >= 4 is 40.7 Å². The zero-order chi connectivity index (χ0) is 35.7. The molecule has 4 amide bonds. The van der Waals surface area contributed by atoms with E-state index in [1.807, 2.05) is 60.7 Å². The summed E-state index contributed by atoms with van der Waals surface area (Å²) >= 11 is 2.91. The van der Waals surface area contributed by atoms with Crippen LogP contribution >= 0.6 is 22.7 Å². The molecule has 51 heavy (non-hydrogen) atoms. The topological polar surface area (TPSA) is 138 Å². The van der Waals surface area contributed by atoms with Gasteiger partial charge in [0, 0.05) is 56.0 Å². The maximum atomic E-state index is 14.1. The lowest BCUT2D eigenvalue weighted by atomic mass is 9.95. The van der Waals surface area contributed by atoms with Gasteiger partial charge in [0.1, 0.15) is 12.6 Å². The van der Waals surface area contributed by atoms with Gasteiger partial charge in [-0.1, -0.05) is 60.7 Å². The van der Waals surface area contributed by atoms with Crippen molar-refractivity contribution in [2.45, 2.75) is 63.4 Å². The molecule has 1 saturated heterocycles. The van der Waals surface area contributed by atoms with Crippen LogP contribution in [0.25, 0.3) is 0 Å². The van der Waals surface area contributed by atoms with Gasteiger partial charge in [-0.15, -0.1) is 22.7 Å². The smallest absolute Gasteiger partial charge is 0.407 e. The number of carbonyl (C=O) groups is 3. The Morgan fingerprint density at radius 2 is 1.41 bits per heavy atom. The molecule has 0 spiro atoms. The maximum absolute atomic E-state index is 14.1.